The molecule has 5 nitrogen and oxygen atoms in total. The smallest absolute Gasteiger partial charge is 0.263 e. The van der Waals surface area contributed by atoms with Crippen molar-refractivity contribution in [3.8, 4) is 5.75 Å². The molecule has 152 valence electrons. The first-order valence-electron chi connectivity index (χ1n) is 9.77. The number of amides is 1. The van der Waals surface area contributed by atoms with Crippen molar-refractivity contribution < 1.29 is 9.53 Å². The van der Waals surface area contributed by atoms with Crippen LogP contribution in [0.5, 0.6) is 5.75 Å². The van der Waals surface area contributed by atoms with Gasteiger partial charge in [-0.3, -0.25) is 4.79 Å². The van der Waals surface area contributed by atoms with Crippen LogP contribution in [0.3, 0.4) is 0 Å². The van der Waals surface area contributed by atoms with Gasteiger partial charge in [0, 0.05) is 24.0 Å². The average Bonchev–Trinajstić information content (AvgIpc) is 3.12. The van der Waals surface area contributed by atoms with Crippen molar-refractivity contribution in [2.45, 2.75) is 38.7 Å². The summed E-state index contributed by atoms with van der Waals surface area (Å²) in [7, 11) is 0. The Bertz CT molecular complexity index is 1040. The normalized spacial score (nSPS) is 16.2. The van der Waals surface area contributed by atoms with Crippen LogP contribution in [0, 0.1) is 6.92 Å². The number of imidazole rings is 1. The first kappa shape index (κ1) is 20.2. The topological polar surface area (TPSA) is 58.2 Å². The number of aryl methyl sites for hydroxylation is 1. The molecular weight excluding hydrogens is 454 g/mol. The highest BCUT2D eigenvalue weighted by molar-refractivity contribution is 9.10. The maximum absolute atomic E-state index is 12.8. The number of likely N-dealkylation sites (tertiary alicyclic amines) is 1. The fraction of sp³-hybridized carbons (Fsp3) is 0.364. The van der Waals surface area contributed by atoms with Crippen LogP contribution in [-0.4, -0.2) is 40.0 Å². The third-order valence-corrected chi connectivity index (χ3v) is 6.25. The lowest BCUT2D eigenvalue weighted by molar-refractivity contribution is -0.139. The predicted molar refractivity (Wildman–Crippen MR) is 119 cm³/mol. The number of aromatic amines is 1. The molecular formula is C22H23BrClN3O2. The van der Waals surface area contributed by atoms with Gasteiger partial charge in [-0.05, 0) is 78.5 Å². The molecule has 1 saturated heterocycles. The minimum Gasteiger partial charge on any atom is -0.480 e. The van der Waals surface area contributed by atoms with Crippen LogP contribution in [0.15, 0.2) is 40.9 Å². The number of rotatable bonds is 4. The standard InChI is InChI=1S/C22H23BrClN3O2/c1-13-3-5-18-19(11-13)26-21(25-18)15-7-9-27(10-8-15)22(28)14(2)29-20-6-4-16(24)12-17(20)23/h3-6,11-12,14-15H,7-10H2,1-2H3,(H,25,26). The molecule has 0 radical (unpaired) electrons. The molecule has 7 heteroatoms. The molecule has 0 saturated carbocycles. The largest absolute Gasteiger partial charge is 0.480 e. The van der Waals surface area contributed by atoms with Crippen molar-refractivity contribution in [2.75, 3.05) is 13.1 Å². The maximum Gasteiger partial charge on any atom is 0.263 e. The van der Waals surface area contributed by atoms with Crippen LogP contribution in [-0.2, 0) is 4.79 Å². The summed E-state index contributed by atoms with van der Waals surface area (Å²) < 4.78 is 6.60. The average molecular weight is 477 g/mol. The zero-order valence-electron chi connectivity index (χ0n) is 16.4. The van der Waals surface area contributed by atoms with Gasteiger partial charge in [0.1, 0.15) is 11.6 Å². The number of hydrogen-bond donors (Lipinski definition) is 1. The lowest BCUT2D eigenvalue weighted by Gasteiger charge is -2.32. The predicted octanol–water partition coefficient (Wildman–Crippen LogP) is 5.46. The Labute approximate surface area is 183 Å². The van der Waals surface area contributed by atoms with Gasteiger partial charge in [-0.2, -0.15) is 0 Å². The Balaban J connectivity index is 1.37. The summed E-state index contributed by atoms with van der Waals surface area (Å²) in [4.78, 5) is 22.9. The van der Waals surface area contributed by atoms with E-state index in [2.05, 4.69) is 46.0 Å². The number of hydrogen-bond acceptors (Lipinski definition) is 3. The van der Waals surface area contributed by atoms with Crippen LogP contribution in [0.2, 0.25) is 5.02 Å². The number of H-pyrrole nitrogens is 1. The number of ether oxygens (including phenoxy) is 1. The number of fused-ring (bicyclic) bond motifs is 1. The van der Waals surface area contributed by atoms with E-state index in [4.69, 9.17) is 21.3 Å². The number of aromatic nitrogens is 2. The van der Waals surface area contributed by atoms with E-state index in [0.717, 1.165) is 34.2 Å². The molecule has 2 aromatic carbocycles. The fourth-order valence-corrected chi connectivity index (χ4v) is 4.55. The number of nitrogens with one attached hydrogen (secondary N) is 1. The monoisotopic (exact) mass is 475 g/mol. The molecule has 0 spiro atoms. The molecule has 1 aliphatic heterocycles. The highest BCUT2D eigenvalue weighted by Gasteiger charge is 2.29. The summed E-state index contributed by atoms with van der Waals surface area (Å²) in [6, 6.07) is 11.5. The van der Waals surface area contributed by atoms with E-state index in [-0.39, 0.29) is 5.91 Å². The van der Waals surface area contributed by atoms with Gasteiger partial charge in [-0.25, -0.2) is 4.98 Å². The highest BCUT2D eigenvalue weighted by Crippen LogP contribution is 2.31. The van der Waals surface area contributed by atoms with Crippen LogP contribution in [0.1, 0.15) is 37.1 Å². The zero-order chi connectivity index (χ0) is 20.5. The third-order valence-electron chi connectivity index (χ3n) is 5.39. The molecule has 1 fully saturated rings. The Kier molecular flexibility index (Phi) is 5.83. The van der Waals surface area contributed by atoms with Gasteiger partial charge >= 0.3 is 0 Å². The van der Waals surface area contributed by atoms with Gasteiger partial charge in [0.25, 0.3) is 5.91 Å². The number of halogens is 2. The zero-order valence-corrected chi connectivity index (χ0v) is 18.8. The summed E-state index contributed by atoms with van der Waals surface area (Å²) in [5.41, 5.74) is 3.29. The summed E-state index contributed by atoms with van der Waals surface area (Å²) in [5.74, 6) is 1.98. The van der Waals surface area contributed by atoms with Crippen molar-refractivity contribution in [3.05, 3.63) is 57.3 Å². The van der Waals surface area contributed by atoms with Gasteiger partial charge in [-0.1, -0.05) is 17.7 Å². The van der Waals surface area contributed by atoms with Crippen molar-refractivity contribution in [3.63, 3.8) is 0 Å². The second-order valence-electron chi connectivity index (χ2n) is 7.58. The molecule has 29 heavy (non-hydrogen) atoms. The summed E-state index contributed by atoms with van der Waals surface area (Å²) >= 11 is 9.40. The van der Waals surface area contributed by atoms with Gasteiger partial charge in [0.15, 0.2) is 6.10 Å². The van der Waals surface area contributed by atoms with Gasteiger partial charge < -0.3 is 14.6 Å². The molecule has 1 N–H and O–H groups in total. The van der Waals surface area contributed by atoms with Crippen molar-refractivity contribution in [2.24, 2.45) is 0 Å². The van der Waals surface area contributed by atoms with E-state index in [1.807, 2.05) is 4.90 Å². The lowest BCUT2D eigenvalue weighted by Crippen LogP contribution is -2.44. The summed E-state index contributed by atoms with van der Waals surface area (Å²) in [6.07, 6.45) is 1.22. The van der Waals surface area contributed by atoms with Gasteiger partial charge in [-0.15, -0.1) is 0 Å². The Morgan fingerprint density at radius 3 is 2.76 bits per heavy atom. The molecule has 3 aromatic rings. The molecule has 2 heterocycles. The molecule has 1 aliphatic rings. The van der Waals surface area contributed by atoms with E-state index < -0.39 is 6.10 Å². The number of carbonyl (C=O) groups is 1. The minimum absolute atomic E-state index is 0.00512. The first-order valence-corrected chi connectivity index (χ1v) is 10.9. The van der Waals surface area contributed by atoms with E-state index in [1.165, 1.54) is 5.56 Å². The molecule has 1 amide bonds. The van der Waals surface area contributed by atoms with Crippen LogP contribution >= 0.6 is 27.5 Å². The van der Waals surface area contributed by atoms with Crippen LogP contribution in [0.25, 0.3) is 11.0 Å². The summed E-state index contributed by atoms with van der Waals surface area (Å²) in [6.45, 7) is 5.27. The second kappa shape index (κ2) is 8.36. The van der Waals surface area contributed by atoms with E-state index >= 15 is 0 Å². The molecule has 4 rings (SSSR count). The SMILES string of the molecule is Cc1ccc2nc(C3CCN(C(=O)C(C)Oc4ccc(Cl)cc4Br)CC3)[nH]c2c1. The Hall–Kier alpha value is -2.05. The van der Waals surface area contributed by atoms with Crippen LogP contribution < -0.4 is 4.74 Å². The number of piperidine rings is 1. The minimum atomic E-state index is -0.557. The Morgan fingerprint density at radius 2 is 2.03 bits per heavy atom. The molecule has 0 aliphatic carbocycles. The number of carbonyl (C=O) groups excluding carboxylic acids is 1. The quantitative estimate of drug-likeness (QED) is 0.544. The second-order valence-corrected chi connectivity index (χ2v) is 8.87. The highest BCUT2D eigenvalue weighted by atomic mass is 79.9. The van der Waals surface area contributed by atoms with E-state index in [1.54, 1.807) is 25.1 Å². The maximum atomic E-state index is 12.8. The first-order chi connectivity index (χ1) is 13.9. The van der Waals surface area contributed by atoms with Gasteiger partial charge in [0.05, 0.1) is 15.5 Å². The molecule has 1 atom stereocenters. The van der Waals surface area contributed by atoms with Gasteiger partial charge in [0.2, 0.25) is 0 Å². The van der Waals surface area contributed by atoms with Crippen LogP contribution in [0.4, 0.5) is 0 Å². The molecule has 1 aromatic heterocycles. The van der Waals surface area contributed by atoms with E-state index in [0.29, 0.717) is 29.8 Å². The number of nitrogens with zero attached hydrogens (tertiary/aromatic N) is 2. The van der Waals surface area contributed by atoms with Crippen molar-refractivity contribution >= 4 is 44.5 Å². The van der Waals surface area contributed by atoms with Crippen molar-refractivity contribution in [1.82, 2.24) is 14.9 Å². The number of benzene rings is 2. The van der Waals surface area contributed by atoms with E-state index in [9.17, 15) is 4.79 Å². The Morgan fingerprint density at radius 1 is 1.28 bits per heavy atom. The lowest BCUT2D eigenvalue weighted by atomic mass is 9.96. The molecule has 0 bridgehead atoms. The third kappa shape index (κ3) is 4.43. The molecule has 1 unspecified atom stereocenters. The van der Waals surface area contributed by atoms with Crippen molar-refractivity contribution in [1.29, 1.82) is 0 Å². The summed E-state index contributed by atoms with van der Waals surface area (Å²) in [5, 5.41) is 0.617. The fourth-order valence-electron chi connectivity index (χ4n) is 3.78.